The average molecular weight is 526 g/mol. The maximum Gasteiger partial charge on any atom is 0.326 e. The molecule has 2 heterocycles. The van der Waals surface area contributed by atoms with Crippen molar-refractivity contribution in [3.8, 4) is 0 Å². The Kier molecular flexibility index (Phi) is 9.61. The number of carbonyl (C=O) groups is 4. The van der Waals surface area contributed by atoms with Crippen molar-refractivity contribution in [2.75, 3.05) is 0 Å². The summed E-state index contributed by atoms with van der Waals surface area (Å²) >= 11 is 0. The van der Waals surface area contributed by atoms with Crippen molar-refractivity contribution in [3.63, 3.8) is 0 Å². The smallest absolute Gasteiger partial charge is 0.326 e. The number of amides is 3. The summed E-state index contributed by atoms with van der Waals surface area (Å²) in [6.45, 7) is 5.31. The highest BCUT2D eigenvalue weighted by Gasteiger charge is 2.29. The van der Waals surface area contributed by atoms with Crippen LogP contribution in [-0.4, -0.2) is 67.9 Å². The molecule has 0 aliphatic rings. The molecule has 204 valence electrons. The third-order valence-electron chi connectivity index (χ3n) is 6.14. The number of benzene rings is 1. The number of para-hydroxylation sites is 1. The van der Waals surface area contributed by atoms with Crippen LogP contribution in [-0.2, 0) is 32.0 Å². The summed E-state index contributed by atoms with van der Waals surface area (Å²) in [5.74, 6) is -2.79. The SMILES string of the molecule is CC(C)CC(N)C(=O)NC(Cc1cnc[nH]1)C(=O)NC(C)C(=O)NC(Cc1c[nH]c2ccccc12)C(=O)O. The molecular weight excluding hydrogens is 490 g/mol. The van der Waals surface area contributed by atoms with Crippen LogP contribution >= 0.6 is 0 Å². The molecule has 4 unspecified atom stereocenters. The monoisotopic (exact) mass is 525 g/mol. The number of carboxylic acid groups (broad SMARTS) is 1. The maximum atomic E-state index is 13.1. The minimum Gasteiger partial charge on any atom is -0.480 e. The number of aliphatic carboxylic acids is 1. The maximum absolute atomic E-state index is 13.1. The molecule has 12 heteroatoms. The van der Waals surface area contributed by atoms with Gasteiger partial charge in [0.1, 0.15) is 18.1 Å². The number of hydrogen-bond acceptors (Lipinski definition) is 6. The van der Waals surface area contributed by atoms with Gasteiger partial charge in [0.25, 0.3) is 0 Å². The summed E-state index contributed by atoms with van der Waals surface area (Å²) in [5, 5.41) is 18.3. The lowest BCUT2D eigenvalue weighted by Crippen LogP contribution is -2.57. The van der Waals surface area contributed by atoms with Crippen molar-refractivity contribution in [1.29, 1.82) is 0 Å². The second-order valence-electron chi connectivity index (χ2n) is 9.77. The summed E-state index contributed by atoms with van der Waals surface area (Å²) in [5.41, 5.74) is 8.18. The second-order valence-corrected chi connectivity index (χ2v) is 9.77. The lowest BCUT2D eigenvalue weighted by molar-refractivity contribution is -0.142. The van der Waals surface area contributed by atoms with E-state index >= 15 is 0 Å². The molecule has 12 nitrogen and oxygen atoms in total. The van der Waals surface area contributed by atoms with Crippen LogP contribution in [0.15, 0.2) is 43.0 Å². The Labute approximate surface area is 220 Å². The molecule has 0 spiro atoms. The van der Waals surface area contributed by atoms with Crippen molar-refractivity contribution in [2.45, 2.75) is 64.2 Å². The number of H-pyrrole nitrogens is 2. The lowest BCUT2D eigenvalue weighted by Gasteiger charge is -2.23. The van der Waals surface area contributed by atoms with Gasteiger partial charge in [-0.15, -0.1) is 0 Å². The fourth-order valence-corrected chi connectivity index (χ4v) is 4.12. The van der Waals surface area contributed by atoms with Crippen LogP contribution in [0.4, 0.5) is 0 Å². The lowest BCUT2D eigenvalue weighted by atomic mass is 10.0. The van der Waals surface area contributed by atoms with E-state index < -0.39 is 47.9 Å². The van der Waals surface area contributed by atoms with Gasteiger partial charge in [0.2, 0.25) is 17.7 Å². The number of aromatic amines is 2. The van der Waals surface area contributed by atoms with Gasteiger partial charge in [-0.1, -0.05) is 32.0 Å². The molecule has 38 heavy (non-hydrogen) atoms. The molecule has 0 fully saturated rings. The fourth-order valence-electron chi connectivity index (χ4n) is 4.12. The van der Waals surface area contributed by atoms with Gasteiger partial charge >= 0.3 is 5.97 Å². The highest BCUT2D eigenvalue weighted by molar-refractivity contribution is 5.94. The van der Waals surface area contributed by atoms with Crippen LogP contribution in [0.3, 0.4) is 0 Å². The first kappa shape index (κ1) is 28.4. The molecule has 1 aromatic carbocycles. The van der Waals surface area contributed by atoms with E-state index in [1.807, 2.05) is 38.1 Å². The summed E-state index contributed by atoms with van der Waals surface area (Å²) in [7, 11) is 0. The van der Waals surface area contributed by atoms with Gasteiger partial charge in [-0.05, 0) is 30.9 Å². The molecule has 3 aromatic rings. The fraction of sp³-hybridized carbons (Fsp3) is 0.423. The highest BCUT2D eigenvalue weighted by atomic mass is 16.4. The highest BCUT2D eigenvalue weighted by Crippen LogP contribution is 2.19. The summed E-state index contributed by atoms with van der Waals surface area (Å²) in [6, 6.07) is 3.34. The standard InChI is InChI=1S/C26H35N7O5/c1-14(2)8-19(27)24(35)32-21(10-17-12-28-13-30-17)25(36)31-15(3)23(34)33-22(26(37)38)9-16-11-29-20-7-5-4-6-18(16)20/h4-7,11-15,19,21-22,29H,8-10,27H2,1-3H3,(H,28,30)(H,31,36)(H,32,35)(H,33,34)(H,37,38). The van der Waals surface area contributed by atoms with E-state index in [1.165, 1.54) is 19.4 Å². The predicted octanol–water partition coefficient (Wildman–Crippen LogP) is 0.609. The van der Waals surface area contributed by atoms with Crippen molar-refractivity contribution in [2.24, 2.45) is 11.7 Å². The quantitative estimate of drug-likeness (QED) is 0.170. The molecule has 0 saturated heterocycles. The third kappa shape index (κ3) is 7.65. The molecule has 0 aliphatic carbocycles. The first-order valence-electron chi connectivity index (χ1n) is 12.5. The number of hydrogen-bond donors (Lipinski definition) is 7. The van der Waals surface area contributed by atoms with E-state index in [1.54, 1.807) is 6.20 Å². The number of imidazole rings is 1. The zero-order valence-electron chi connectivity index (χ0n) is 21.7. The van der Waals surface area contributed by atoms with Gasteiger partial charge in [0.05, 0.1) is 12.4 Å². The van der Waals surface area contributed by atoms with Crippen LogP contribution in [0.2, 0.25) is 0 Å². The molecule has 4 atom stereocenters. The largest absolute Gasteiger partial charge is 0.480 e. The van der Waals surface area contributed by atoms with E-state index in [-0.39, 0.29) is 18.8 Å². The van der Waals surface area contributed by atoms with Gasteiger partial charge in [-0.3, -0.25) is 14.4 Å². The van der Waals surface area contributed by atoms with Gasteiger partial charge in [-0.25, -0.2) is 9.78 Å². The number of nitrogens with zero attached hydrogens (tertiary/aromatic N) is 1. The zero-order chi connectivity index (χ0) is 27.8. The number of carboxylic acids is 1. The minimum atomic E-state index is -1.21. The summed E-state index contributed by atoms with van der Waals surface area (Å²) in [4.78, 5) is 60.4. The molecule has 0 aliphatic heterocycles. The Morgan fingerprint density at radius 3 is 2.32 bits per heavy atom. The van der Waals surface area contributed by atoms with Gasteiger partial charge < -0.3 is 36.8 Å². The third-order valence-corrected chi connectivity index (χ3v) is 6.14. The molecule has 0 radical (unpaired) electrons. The van der Waals surface area contributed by atoms with Crippen LogP contribution in [0.1, 0.15) is 38.4 Å². The average Bonchev–Trinajstić information content (AvgIpc) is 3.52. The van der Waals surface area contributed by atoms with E-state index in [0.29, 0.717) is 12.1 Å². The van der Waals surface area contributed by atoms with Crippen molar-refractivity contribution in [1.82, 2.24) is 30.9 Å². The number of rotatable bonds is 13. The van der Waals surface area contributed by atoms with E-state index in [4.69, 9.17) is 5.73 Å². The molecular formula is C26H35N7O5. The molecule has 0 saturated carbocycles. The Balaban J connectivity index is 1.65. The Morgan fingerprint density at radius 2 is 1.66 bits per heavy atom. The summed E-state index contributed by atoms with van der Waals surface area (Å²) < 4.78 is 0. The molecule has 8 N–H and O–H groups in total. The topological polar surface area (TPSA) is 195 Å². The molecule has 0 bridgehead atoms. The van der Waals surface area contributed by atoms with Crippen molar-refractivity contribution < 1.29 is 24.3 Å². The first-order chi connectivity index (χ1) is 18.0. The number of fused-ring (bicyclic) bond motifs is 1. The van der Waals surface area contributed by atoms with Crippen molar-refractivity contribution >= 4 is 34.6 Å². The zero-order valence-corrected chi connectivity index (χ0v) is 21.7. The van der Waals surface area contributed by atoms with Crippen LogP contribution in [0.5, 0.6) is 0 Å². The van der Waals surface area contributed by atoms with Gasteiger partial charge in [-0.2, -0.15) is 0 Å². The second kappa shape index (κ2) is 12.9. The number of nitrogens with two attached hydrogens (primary N) is 1. The van der Waals surface area contributed by atoms with E-state index in [9.17, 15) is 24.3 Å². The summed E-state index contributed by atoms with van der Waals surface area (Å²) in [6.07, 6.45) is 5.28. The minimum absolute atomic E-state index is 0.0536. The molecule has 2 aromatic heterocycles. The number of nitrogens with one attached hydrogen (secondary N) is 5. The Bertz CT molecular complexity index is 1250. The van der Waals surface area contributed by atoms with Gasteiger partial charge in [0, 0.05) is 41.8 Å². The van der Waals surface area contributed by atoms with Crippen molar-refractivity contribution in [3.05, 3.63) is 54.2 Å². The van der Waals surface area contributed by atoms with E-state index in [0.717, 1.165) is 16.5 Å². The Hall–Kier alpha value is -4.19. The first-order valence-corrected chi connectivity index (χ1v) is 12.5. The van der Waals surface area contributed by atoms with Crippen LogP contribution in [0.25, 0.3) is 10.9 Å². The van der Waals surface area contributed by atoms with Crippen LogP contribution < -0.4 is 21.7 Å². The van der Waals surface area contributed by atoms with E-state index in [2.05, 4.69) is 30.9 Å². The Morgan fingerprint density at radius 1 is 0.947 bits per heavy atom. The van der Waals surface area contributed by atoms with Gasteiger partial charge in [0.15, 0.2) is 0 Å². The molecule has 3 amide bonds. The predicted molar refractivity (Wildman–Crippen MR) is 141 cm³/mol. The number of aromatic nitrogens is 3. The number of carbonyl (C=O) groups excluding carboxylic acids is 3. The van der Waals surface area contributed by atoms with Crippen LogP contribution in [0, 0.1) is 5.92 Å². The molecule has 3 rings (SSSR count). The normalized spacial score (nSPS) is 14.4.